The maximum Gasteiger partial charge on any atom is 0.326 e. The lowest BCUT2D eigenvalue weighted by molar-refractivity contribution is -0.149. The quantitative estimate of drug-likeness (QED) is 0.0291. The number of primary amides is 1. The number of nitrogens with zero attached hydrogens (tertiary/aromatic N) is 2. The number of aliphatic hydroxyl groups is 1. The fraction of sp³-hybridized carbons (Fsp3) is 0.592. The number of nitrogens with two attached hydrogens (primary N) is 4. The number of H-pyrrole nitrogens is 1. The molecule has 28 heteroatoms. The maximum absolute atomic E-state index is 14.4. The number of carboxylic acids is 2. The lowest BCUT2D eigenvalue weighted by Crippen LogP contribution is -2.62. The van der Waals surface area contributed by atoms with E-state index >= 15 is 0 Å². The molecular formula is C49H76N14O14. The average molecular weight is 1090 g/mol. The lowest BCUT2D eigenvalue weighted by atomic mass is 10.0. The molecule has 19 N–H and O–H groups in total. The minimum atomic E-state index is -1.75. The Morgan fingerprint density at radius 3 is 1.78 bits per heavy atom. The molecule has 1 aromatic carbocycles. The number of hydrogen-bond acceptors (Lipinski definition) is 16. The molecule has 1 fully saturated rings. The second-order valence-corrected chi connectivity index (χ2v) is 18.9. The standard InChI is InChI=1S/C49H76N14O14/c1-27(41(68)59-34(16-18-38(53)65)48(75)63-22-10-15-37(63)49(76)77)56-47(74)40(28(2)64)62-44(71)32(14-7-9-21-51)58-46(73)36(24-30-25-54-26-55-30)61-45(72)35(23-29-11-4-3-5-12-29)60-43(70)33(17-19-39(66)67)57-42(69)31(52)13-6-8-20-50/h3-5,11-12,25-28,31-37,40,64H,6-10,13-24,50-52H2,1-2H3,(H2,53,65)(H,54,55)(H,56,74)(H,57,69)(H,58,73)(H,59,68)(H,60,70)(H,61,72)(H,62,71)(H,66,67)(H,76,77)/t27-,28+,31+,32-,33-,34-,35-,36-,37-,40-/m0/s1. The van der Waals surface area contributed by atoms with Gasteiger partial charge in [-0.1, -0.05) is 36.8 Å². The van der Waals surface area contributed by atoms with Crippen LogP contribution < -0.4 is 60.2 Å². The van der Waals surface area contributed by atoms with Crippen LogP contribution in [0.4, 0.5) is 0 Å². The molecule has 1 aliphatic rings. The van der Waals surface area contributed by atoms with Crippen molar-refractivity contribution in [2.24, 2.45) is 22.9 Å². The molecule has 2 heterocycles. The molecule has 2 aromatic rings. The van der Waals surface area contributed by atoms with E-state index in [0.29, 0.717) is 43.5 Å². The number of aliphatic carboxylic acids is 2. The summed E-state index contributed by atoms with van der Waals surface area (Å²) >= 11 is 0. The van der Waals surface area contributed by atoms with Crippen LogP contribution in [0.15, 0.2) is 42.9 Å². The van der Waals surface area contributed by atoms with Gasteiger partial charge in [0, 0.05) is 44.1 Å². The first kappa shape index (κ1) is 63.7. The van der Waals surface area contributed by atoms with Crippen molar-refractivity contribution in [3.8, 4) is 0 Å². The molecule has 3 rings (SSSR count). The molecule has 1 aliphatic heterocycles. The zero-order valence-electron chi connectivity index (χ0n) is 43.4. The van der Waals surface area contributed by atoms with E-state index in [1.54, 1.807) is 30.3 Å². The van der Waals surface area contributed by atoms with Gasteiger partial charge in [-0.3, -0.25) is 47.9 Å². The van der Waals surface area contributed by atoms with Crippen molar-refractivity contribution >= 4 is 65.1 Å². The topological polar surface area (TPSA) is 469 Å². The van der Waals surface area contributed by atoms with E-state index in [0.717, 1.165) is 4.90 Å². The van der Waals surface area contributed by atoms with Gasteiger partial charge in [0.2, 0.25) is 53.2 Å². The fourth-order valence-corrected chi connectivity index (χ4v) is 8.27. The third kappa shape index (κ3) is 21.9. The fourth-order valence-electron chi connectivity index (χ4n) is 8.27. The molecular weight excluding hydrogens is 1010 g/mol. The van der Waals surface area contributed by atoms with Crippen LogP contribution in [0.5, 0.6) is 0 Å². The van der Waals surface area contributed by atoms with Crippen LogP contribution in [0.25, 0.3) is 0 Å². The molecule has 1 saturated heterocycles. The predicted octanol–water partition coefficient (Wildman–Crippen LogP) is -4.22. The number of carbonyl (C=O) groups is 11. The van der Waals surface area contributed by atoms with Crippen LogP contribution in [0.1, 0.15) is 102 Å². The van der Waals surface area contributed by atoms with Gasteiger partial charge in [0.1, 0.15) is 48.3 Å². The number of carboxylic acid groups (broad SMARTS) is 2. The molecule has 0 bridgehead atoms. The Morgan fingerprint density at radius 2 is 1.21 bits per heavy atom. The first-order valence-electron chi connectivity index (χ1n) is 25.6. The van der Waals surface area contributed by atoms with Gasteiger partial charge in [0.05, 0.1) is 18.5 Å². The Labute approximate surface area is 445 Å². The van der Waals surface area contributed by atoms with Gasteiger partial charge >= 0.3 is 11.9 Å². The Hall–Kier alpha value is -7.56. The number of carbonyl (C=O) groups excluding carboxylic acids is 9. The van der Waals surface area contributed by atoms with Crippen LogP contribution in [0.3, 0.4) is 0 Å². The van der Waals surface area contributed by atoms with Crippen LogP contribution in [0, 0.1) is 0 Å². The van der Waals surface area contributed by atoms with Gasteiger partial charge in [-0.2, -0.15) is 0 Å². The number of aromatic nitrogens is 2. The van der Waals surface area contributed by atoms with Crippen molar-refractivity contribution in [2.75, 3.05) is 19.6 Å². The predicted molar refractivity (Wildman–Crippen MR) is 275 cm³/mol. The van der Waals surface area contributed by atoms with Gasteiger partial charge in [0.25, 0.3) is 0 Å². The van der Waals surface area contributed by atoms with Gasteiger partial charge in [-0.25, -0.2) is 9.78 Å². The average Bonchev–Trinajstić information content (AvgIpc) is 4.10. The van der Waals surface area contributed by atoms with E-state index < -0.39 is 132 Å². The van der Waals surface area contributed by atoms with E-state index in [-0.39, 0.29) is 70.9 Å². The SMILES string of the molecule is C[C@H](NC(=O)[C@@H](NC(=O)[C@H](CCCCN)NC(=O)[C@H](Cc1cnc[nH]1)NC(=O)[C@H](Cc1ccccc1)NC(=O)[C@H](CCC(=O)O)NC(=O)[C@H](N)CCCCN)[C@@H](C)O)C(=O)N[C@@H](CCC(N)=O)C(=O)N1CCC[C@H]1C(=O)O. The minimum absolute atomic E-state index is 0.0697. The van der Waals surface area contributed by atoms with Gasteiger partial charge in [-0.05, 0) is 90.3 Å². The highest BCUT2D eigenvalue weighted by Gasteiger charge is 2.39. The Balaban J connectivity index is 1.87. The Bertz CT molecular complexity index is 2310. The highest BCUT2D eigenvalue weighted by Crippen LogP contribution is 2.20. The largest absolute Gasteiger partial charge is 0.481 e. The van der Waals surface area contributed by atoms with Crippen molar-refractivity contribution in [2.45, 2.75) is 164 Å². The van der Waals surface area contributed by atoms with E-state index in [1.807, 2.05) is 0 Å². The highest BCUT2D eigenvalue weighted by molar-refractivity contribution is 5.98. The summed E-state index contributed by atoms with van der Waals surface area (Å²) in [7, 11) is 0. The molecule has 0 radical (unpaired) electrons. The number of unbranched alkanes of at least 4 members (excludes halogenated alkanes) is 2. The molecule has 0 unspecified atom stereocenters. The van der Waals surface area contributed by atoms with E-state index in [2.05, 4.69) is 47.2 Å². The molecule has 77 heavy (non-hydrogen) atoms. The smallest absolute Gasteiger partial charge is 0.326 e. The van der Waals surface area contributed by atoms with E-state index in [1.165, 1.54) is 26.4 Å². The number of rotatable bonds is 35. The zero-order valence-corrected chi connectivity index (χ0v) is 43.4. The number of aromatic amines is 1. The number of nitrogens with one attached hydrogen (secondary N) is 8. The molecule has 0 spiro atoms. The summed E-state index contributed by atoms with van der Waals surface area (Å²) in [4.78, 5) is 154. The summed E-state index contributed by atoms with van der Waals surface area (Å²) in [5, 5.41) is 47.4. The molecule has 10 atom stereocenters. The van der Waals surface area contributed by atoms with E-state index in [9.17, 15) is 68.1 Å². The van der Waals surface area contributed by atoms with Crippen LogP contribution in [0.2, 0.25) is 0 Å². The normalized spacial score (nSPS) is 16.6. The first-order valence-corrected chi connectivity index (χ1v) is 25.6. The number of benzene rings is 1. The molecule has 426 valence electrons. The molecule has 1 aromatic heterocycles. The molecule has 0 saturated carbocycles. The third-order valence-corrected chi connectivity index (χ3v) is 12.6. The summed E-state index contributed by atoms with van der Waals surface area (Å²) in [6, 6.07) is -4.19. The summed E-state index contributed by atoms with van der Waals surface area (Å²) in [5.41, 5.74) is 23.6. The molecule has 0 aliphatic carbocycles. The highest BCUT2D eigenvalue weighted by atomic mass is 16.4. The summed E-state index contributed by atoms with van der Waals surface area (Å²) in [5.74, 6) is -10.5. The van der Waals surface area contributed by atoms with Crippen LogP contribution >= 0.6 is 0 Å². The van der Waals surface area contributed by atoms with Crippen molar-refractivity contribution in [1.29, 1.82) is 0 Å². The second-order valence-electron chi connectivity index (χ2n) is 18.9. The van der Waals surface area contributed by atoms with Crippen LogP contribution in [-0.2, 0) is 65.6 Å². The van der Waals surface area contributed by atoms with Crippen molar-refractivity contribution < 1.29 is 68.1 Å². The van der Waals surface area contributed by atoms with Crippen molar-refractivity contribution in [3.05, 3.63) is 54.1 Å². The third-order valence-electron chi connectivity index (χ3n) is 12.6. The molecule has 9 amide bonds. The Kier molecular flexibility index (Phi) is 27.1. The summed E-state index contributed by atoms with van der Waals surface area (Å²) in [6.07, 6.45) is 1.62. The minimum Gasteiger partial charge on any atom is -0.481 e. The van der Waals surface area contributed by atoms with Gasteiger partial charge in [0.15, 0.2) is 0 Å². The Morgan fingerprint density at radius 1 is 0.662 bits per heavy atom. The second kappa shape index (κ2) is 32.8. The van der Waals surface area contributed by atoms with Crippen molar-refractivity contribution in [3.63, 3.8) is 0 Å². The summed E-state index contributed by atoms with van der Waals surface area (Å²) in [6.45, 7) is 3.06. The number of aliphatic hydroxyl groups excluding tert-OH is 1. The van der Waals surface area contributed by atoms with Crippen LogP contribution in [-0.4, -0.2) is 175 Å². The monoisotopic (exact) mass is 1080 g/mol. The van der Waals surface area contributed by atoms with Gasteiger partial charge in [-0.15, -0.1) is 0 Å². The van der Waals surface area contributed by atoms with E-state index in [4.69, 9.17) is 22.9 Å². The molecule has 28 nitrogen and oxygen atoms in total. The van der Waals surface area contributed by atoms with Gasteiger partial charge < -0.3 is 85.4 Å². The summed E-state index contributed by atoms with van der Waals surface area (Å²) < 4.78 is 0. The number of hydrogen-bond donors (Lipinski definition) is 15. The zero-order chi connectivity index (χ0) is 57.2. The first-order chi connectivity index (χ1) is 36.6. The van der Waals surface area contributed by atoms with Crippen molar-refractivity contribution in [1.82, 2.24) is 52.1 Å². The maximum atomic E-state index is 14.4. The number of likely N-dealkylation sites (tertiary alicyclic amines) is 1. The number of imidazole rings is 1. The number of amides is 9. The lowest BCUT2D eigenvalue weighted by Gasteiger charge is -2.29.